The number of aryl methyl sites for hydroxylation is 1. The fourth-order valence-electron chi connectivity index (χ4n) is 4.37. The van der Waals surface area contributed by atoms with Gasteiger partial charge in [0.2, 0.25) is 6.41 Å². The zero-order valence-electron chi connectivity index (χ0n) is 20.1. The average Bonchev–Trinajstić information content (AvgIpc) is 3.59. The van der Waals surface area contributed by atoms with Gasteiger partial charge in [0.15, 0.2) is 0 Å². The molecule has 0 heterocycles. The van der Waals surface area contributed by atoms with Gasteiger partial charge in [0, 0.05) is 18.7 Å². The molecular weight excluding hydrogens is 496 g/mol. The Hall–Kier alpha value is -4.38. The molecular formula is C26H26N4O6S. The number of carbonyl (C=O) groups excluding carboxylic acids is 3. The molecule has 0 radical (unpaired) electrons. The first-order chi connectivity index (χ1) is 17.6. The molecule has 192 valence electrons. The average molecular weight is 523 g/mol. The molecule has 10 nitrogen and oxygen atoms in total. The van der Waals surface area contributed by atoms with E-state index in [1.165, 1.54) is 36.2 Å². The Balaban J connectivity index is 1.63. The molecule has 1 aliphatic carbocycles. The number of sulfonamides is 1. The summed E-state index contributed by atoms with van der Waals surface area (Å²) >= 11 is 0. The van der Waals surface area contributed by atoms with Crippen molar-refractivity contribution in [3.63, 3.8) is 0 Å². The maximum Gasteiger partial charge on any atom is 0.329 e. The summed E-state index contributed by atoms with van der Waals surface area (Å²) in [6, 6.07) is 18.6. The second kappa shape index (κ2) is 9.94. The molecule has 4 rings (SSSR count). The number of nitrogens with zero attached hydrogens (tertiary/aromatic N) is 1. The molecule has 2 atom stereocenters. The van der Waals surface area contributed by atoms with E-state index in [1.54, 1.807) is 25.1 Å². The van der Waals surface area contributed by atoms with Crippen molar-refractivity contribution in [3.05, 3.63) is 83.9 Å². The largest absolute Gasteiger partial charge is 0.506 e. The number of rotatable bonds is 8. The van der Waals surface area contributed by atoms with Crippen molar-refractivity contribution in [2.75, 3.05) is 17.3 Å². The summed E-state index contributed by atoms with van der Waals surface area (Å²) in [6.45, 7) is 1.62. The summed E-state index contributed by atoms with van der Waals surface area (Å²) in [7, 11) is -2.70. The van der Waals surface area contributed by atoms with Crippen LogP contribution in [0.3, 0.4) is 0 Å². The molecule has 1 saturated carbocycles. The first kappa shape index (κ1) is 25.7. The molecule has 1 fully saturated rings. The number of urea groups is 1. The van der Waals surface area contributed by atoms with E-state index in [-0.39, 0.29) is 22.8 Å². The van der Waals surface area contributed by atoms with E-state index in [9.17, 15) is 27.9 Å². The fraction of sp³-hybridized carbons (Fsp3) is 0.192. The van der Waals surface area contributed by atoms with Crippen LogP contribution >= 0.6 is 0 Å². The number of hydrogen-bond acceptors (Lipinski definition) is 6. The second-order valence-corrected chi connectivity index (χ2v) is 10.4. The van der Waals surface area contributed by atoms with Crippen LogP contribution in [0.2, 0.25) is 0 Å². The third-order valence-corrected chi connectivity index (χ3v) is 7.87. The molecule has 4 N–H and O–H groups in total. The van der Waals surface area contributed by atoms with Crippen LogP contribution in [-0.4, -0.2) is 44.5 Å². The van der Waals surface area contributed by atoms with Crippen molar-refractivity contribution < 1.29 is 27.9 Å². The number of amides is 4. The molecule has 0 saturated heterocycles. The smallest absolute Gasteiger partial charge is 0.329 e. The highest BCUT2D eigenvalue weighted by Crippen LogP contribution is 2.53. The van der Waals surface area contributed by atoms with Gasteiger partial charge in [-0.1, -0.05) is 48.5 Å². The summed E-state index contributed by atoms with van der Waals surface area (Å²) in [5, 5.41) is 14.9. The Morgan fingerprint density at radius 1 is 1.05 bits per heavy atom. The maximum atomic E-state index is 13.8. The van der Waals surface area contributed by atoms with Crippen molar-refractivity contribution >= 4 is 39.7 Å². The van der Waals surface area contributed by atoms with Crippen LogP contribution in [0.15, 0.2) is 77.7 Å². The Morgan fingerprint density at radius 3 is 2.41 bits per heavy atom. The summed E-state index contributed by atoms with van der Waals surface area (Å²) in [5.74, 6) is -1.08. The molecule has 0 bridgehead atoms. The monoisotopic (exact) mass is 522 g/mol. The number of phenolic OH excluding ortho intramolecular Hbond substituents is 1. The lowest BCUT2D eigenvalue weighted by Gasteiger charge is -2.26. The standard InChI is InChI=1S/C26H26N4O6S/c1-17-8-6-7-11-23(17)37(35,36)29-25(34)28-26(15-20(26)18-9-4-3-5-10-18)24(33)30(2)19-12-13-22(32)21(14-19)27-16-31/h3-14,16,20,32H,15H2,1-2H3,(H,27,31)(H2,28,29,34)/t20?,26-/m0/s1. The number of aromatic hydroxyl groups is 1. The summed E-state index contributed by atoms with van der Waals surface area (Å²) in [5.41, 5.74) is 0.304. The predicted octanol–water partition coefficient (Wildman–Crippen LogP) is 2.85. The minimum Gasteiger partial charge on any atom is -0.506 e. The van der Waals surface area contributed by atoms with E-state index in [4.69, 9.17) is 0 Å². The van der Waals surface area contributed by atoms with Gasteiger partial charge in [0.25, 0.3) is 15.9 Å². The zero-order chi connectivity index (χ0) is 26.8. The Bertz CT molecular complexity index is 1460. The first-order valence-electron chi connectivity index (χ1n) is 11.4. The van der Waals surface area contributed by atoms with Crippen molar-refractivity contribution in [2.45, 2.75) is 29.7 Å². The van der Waals surface area contributed by atoms with Crippen molar-refractivity contribution in [1.29, 1.82) is 0 Å². The normalized spacial score (nSPS) is 18.4. The van der Waals surface area contributed by atoms with Crippen molar-refractivity contribution in [2.24, 2.45) is 0 Å². The van der Waals surface area contributed by atoms with Crippen LogP contribution in [0.25, 0.3) is 0 Å². The van der Waals surface area contributed by atoms with Gasteiger partial charge in [-0.05, 0) is 48.7 Å². The van der Waals surface area contributed by atoms with E-state index in [0.717, 1.165) is 5.56 Å². The maximum absolute atomic E-state index is 13.8. The minimum absolute atomic E-state index is 0.0441. The van der Waals surface area contributed by atoms with Gasteiger partial charge < -0.3 is 20.6 Å². The lowest BCUT2D eigenvalue weighted by Crippen LogP contribution is -2.54. The van der Waals surface area contributed by atoms with E-state index in [1.807, 2.05) is 35.1 Å². The lowest BCUT2D eigenvalue weighted by atomic mass is 10.0. The molecule has 0 aliphatic heterocycles. The van der Waals surface area contributed by atoms with Crippen LogP contribution < -0.4 is 20.3 Å². The quantitative estimate of drug-likeness (QED) is 0.264. The lowest BCUT2D eigenvalue weighted by molar-refractivity contribution is -0.121. The minimum atomic E-state index is -4.19. The van der Waals surface area contributed by atoms with E-state index >= 15 is 0 Å². The number of benzene rings is 3. The van der Waals surface area contributed by atoms with Gasteiger partial charge in [-0.15, -0.1) is 0 Å². The number of hydrogen-bond donors (Lipinski definition) is 4. The van der Waals surface area contributed by atoms with Crippen molar-refractivity contribution in [1.82, 2.24) is 10.0 Å². The molecule has 0 aromatic heterocycles. The highest BCUT2D eigenvalue weighted by atomic mass is 32.2. The molecule has 4 amide bonds. The highest BCUT2D eigenvalue weighted by molar-refractivity contribution is 7.90. The number of nitrogens with one attached hydrogen (secondary N) is 3. The molecule has 0 spiro atoms. The van der Waals surface area contributed by atoms with Gasteiger partial charge in [0.1, 0.15) is 11.3 Å². The summed E-state index contributed by atoms with van der Waals surface area (Å²) in [6.07, 6.45) is 0.644. The second-order valence-electron chi connectivity index (χ2n) is 8.79. The van der Waals surface area contributed by atoms with E-state index in [0.29, 0.717) is 17.7 Å². The Morgan fingerprint density at radius 2 is 1.73 bits per heavy atom. The number of carbonyl (C=O) groups is 3. The van der Waals surface area contributed by atoms with Gasteiger partial charge in [-0.25, -0.2) is 17.9 Å². The third-order valence-electron chi connectivity index (χ3n) is 6.38. The SMILES string of the molecule is Cc1ccccc1S(=O)(=O)NC(=O)N[C@@]1(C(=O)N(C)c2ccc(O)c(NC=O)c2)CC1c1ccccc1. The molecule has 3 aromatic rings. The molecule has 1 aliphatic rings. The highest BCUT2D eigenvalue weighted by Gasteiger charge is 2.63. The van der Waals surface area contributed by atoms with Gasteiger partial charge in [0.05, 0.1) is 10.6 Å². The number of likely N-dealkylation sites (N-methyl/N-ethyl adjacent to an activating group) is 1. The molecule has 1 unspecified atom stereocenters. The molecule has 3 aromatic carbocycles. The van der Waals surface area contributed by atoms with Gasteiger partial charge in [-0.3, -0.25) is 9.59 Å². The third kappa shape index (κ3) is 5.12. The predicted molar refractivity (Wildman–Crippen MR) is 138 cm³/mol. The summed E-state index contributed by atoms with van der Waals surface area (Å²) in [4.78, 5) is 38.8. The van der Waals surface area contributed by atoms with Crippen LogP contribution in [-0.2, 0) is 19.6 Å². The Labute approximate surface area is 214 Å². The number of phenols is 1. The van der Waals surface area contributed by atoms with Crippen LogP contribution in [0.5, 0.6) is 5.75 Å². The Kier molecular flexibility index (Phi) is 6.90. The van der Waals surface area contributed by atoms with Crippen LogP contribution in [0.1, 0.15) is 23.5 Å². The topological polar surface area (TPSA) is 145 Å². The zero-order valence-corrected chi connectivity index (χ0v) is 21.0. The van der Waals surface area contributed by atoms with E-state index in [2.05, 4.69) is 10.6 Å². The summed E-state index contributed by atoms with van der Waals surface area (Å²) < 4.78 is 27.7. The van der Waals surface area contributed by atoms with Crippen LogP contribution in [0.4, 0.5) is 16.2 Å². The molecule has 37 heavy (non-hydrogen) atoms. The van der Waals surface area contributed by atoms with Crippen molar-refractivity contribution in [3.8, 4) is 5.75 Å². The van der Waals surface area contributed by atoms with E-state index < -0.39 is 33.4 Å². The first-order valence-corrected chi connectivity index (χ1v) is 12.8. The van der Waals surface area contributed by atoms with Gasteiger partial charge in [-0.2, -0.15) is 0 Å². The fourth-order valence-corrected chi connectivity index (χ4v) is 5.52. The molecule has 11 heteroatoms. The number of anilines is 2. The van der Waals surface area contributed by atoms with Crippen LogP contribution in [0, 0.1) is 6.92 Å². The van der Waals surface area contributed by atoms with Gasteiger partial charge >= 0.3 is 6.03 Å².